The highest BCUT2D eigenvalue weighted by atomic mass is 15.4. The Morgan fingerprint density at radius 3 is 2.48 bits per heavy atom. The van der Waals surface area contributed by atoms with Gasteiger partial charge in [-0.2, -0.15) is 15.5 Å². The Morgan fingerprint density at radius 1 is 1.19 bits per heavy atom. The van der Waals surface area contributed by atoms with Crippen LogP contribution in [0.3, 0.4) is 0 Å². The number of hydrogen-bond donors (Lipinski definition) is 0. The highest BCUT2D eigenvalue weighted by Gasteiger charge is 2.33. The van der Waals surface area contributed by atoms with Gasteiger partial charge in [0.2, 0.25) is 0 Å². The first-order valence-electron chi connectivity index (χ1n) is 7.03. The molecular weight excluding hydrogens is 264 g/mol. The molecule has 1 fully saturated rings. The van der Waals surface area contributed by atoms with Crippen molar-refractivity contribution in [2.24, 2.45) is 0 Å². The number of anilines is 1. The standard InChI is InChI=1S/C15H18N6/c1-9-5-10(2)21(19-9)13-7-20(8-13)15-14(6-16)11(3)12(4)17-18-15/h5,13H,7-8H2,1-4H3. The zero-order valence-electron chi connectivity index (χ0n) is 12.8. The van der Waals surface area contributed by atoms with Gasteiger partial charge in [-0.15, -0.1) is 5.10 Å². The molecule has 1 aliphatic rings. The highest BCUT2D eigenvalue weighted by Crippen LogP contribution is 2.30. The van der Waals surface area contributed by atoms with Crippen LogP contribution in [0.4, 0.5) is 5.82 Å². The highest BCUT2D eigenvalue weighted by molar-refractivity contribution is 5.59. The van der Waals surface area contributed by atoms with Crippen LogP contribution in [-0.4, -0.2) is 33.1 Å². The largest absolute Gasteiger partial charge is 0.350 e. The van der Waals surface area contributed by atoms with E-state index in [1.54, 1.807) is 0 Å². The van der Waals surface area contributed by atoms with Gasteiger partial charge in [0.05, 0.1) is 17.4 Å². The smallest absolute Gasteiger partial charge is 0.169 e. The molecule has 0 atom stereocenters. The van der Waals surface area contributed by atoms with E-state index >= 15 is 0 Å². The quantitative estimate of drug-likeness (QED) is 0.840. The molecule has 3 heterocycles. The van der Waals surface area contributed by atoms with Crippen LogP contribution in [-0.2, 0) is 0 Å². The van der Waals surface area contributed by atoms with Crippen LogP contribution >= 0.6 is 0 Å². The van der Waals surface area contributed by atoms with E-state index in [9.17, 15) is 5.26 Å². The van der Waals surface area contributed by atoms with Crippen molar-refractivity contribution in [2.75, 3.05) is 18.0 Å². The van der Waals surface area contributed by atoms with Crippen LogP contribution in [0.25, 0.3) is 0 Å². The lowest BCUT2D eigenvalue weighted by Gasteiger charge is -2.40. The van der Waals surface area contributed by atoms with Gasteiger partial charge in [0.1, 0.15) is 11.6 Å². The summed E-state index contributed by atoms with van der Waals surface area (Å²) < 4.78 is 2.06. The monoisotopic (exact) mass is 282 g/mol. The van der Waals surface area contributed by atoms with Crippen molar-refractivity contribution in [1.82, 2.24) is 20.0 Å². The maximum atomic E-state index is 9.36. The van der Waals surface area contributed by atoms with Crippen molar-refractivity contribution in [3.05, 3.63) is 34.3 Å². The van der Waals surface area contributed by atoms with Gasteiger partial charge in [0, 0.05) is 18.8 Å². The fraction of sp³-hybridized carbons (Fsp3) is 0.467. The normalized spacial score (nSPS) is 14.9. The topological polar surface area (TPSA) is 70.6 Å². The molecule has 0 unspecified atom stereocenters. The third-order valence-electron chi connectivity index (χ3n) is 4.10. The molecule has 2 aromatic rings. The predicted molar refractivity (Wildman–Crippen MR) is 79.2 cm³/mol. The molecule has 0 spiro atoms. The average molecular weight is 282 g/mol. The SMILES string of the molecule is Cc1cc(C)n(C2CN(c3nnc(C)c(C)c3C#N)C2)n1. The molecule has 6 heteroatoms. The number of nitriles is 1. The number of aryl methyl sites for hydroxylation is 3. The van der Waals surface area contributed by atoms with Crippen molar-refractivity contribution in [3.63, 3.8) is 0 Å². The fourth-order valence-electron chi connectivity index (χ4n) is 2.75. The van der Waals surface area contributed by atoms with Crippen molar-refractivity contribution in [2.45, 2.75) is 33.7 Å². The summed E-state index contributed by atoms with van der Waals surface area (Å²) in [6.45, 7) is 9.50. The summed E-state index contributed by atoms with van der Waals surface area (Å²) in [5.74, 6) is 0.693. The molecule has 0 saturated carbocycles. The lowest BCUT2D eigenvalue weighted by molar-refractivity contribution is 0.357. The molecule has 0 radical (unpaired) electrons. The summed E-state index contributed by atoms with van der Waals surface area (Å²) in [6.07, 6.45) is 0. The Balaban J connectivity index is 1.83. The Bertz CT molecular complexity index is 733. The summed E-state index contributed by atoms with van der Waals surface area (Å²) in [5, 5.41) is 22.2. The van der Waals surface area contributed by atoms with E-state index < -0.39 is 0 Å². The zero-order chi connectivity index (χ0) is 15.1. The third-order valence-corrected chi connectivity index (χ3v) is 4.10. The van der Waals surface area contributed by atoms with E-state index in [0.29, 0.717) is 17.4 Å². The summed E-state index contributed by atoms with van der Waals surface area (Å²) in [6, 6.07) is 4.68. The van der Waals surface area contributed by atoms with Gasteiger partial charge in [0.15, 0.2) is 5.82 Å². The molecule has 0 aromatic carbocycles. The van der Waals surface area contributed by atoms with Crippen LogP contribution in [0.15, 0.2) is 6.07 Å². The molecule has 1 saturated heterocycles. The molecule has 0 N–H and O–H groups in total. The third kappa shape index (κ3) is 2.15. The number of nitrogens with zero attached hydrogens (tertiary/aromatic N) is 6. The van der Waals surface area contributed by atoms with Gasteiger partial charge in [-0.3, -0.25) is 4.68 Å². The molecule has 21 heavy (non-hydrogen) atoms. The second-order valence-electron chi connectivity index (χ2n) is 5.65. The first-order valence-corrected chi connectivity index (χ1v) is 7.03. The predicted octanol–water partition coefficient (Wildman–Crippen LogP) is 1.84. The van der Waals surface area contributed by atoms with Gasteiger partial charge < -0.3 is 4.90 Å². The fourth-order valence-corrected chi connectivity index (χ4v) is 2.75. The maximum Gasteiger partial charge on any atom is 0.169 e. The van der Waals surface area contributed by atoms with Gasteiger partial charge >= 0.3 is 0 Å². The lowest BCUT2D eigenvalue weighted by atomic mass is 10.1. The Morgan fingerprint density at radius 2 is 1.90 bits per heavy atom. The molecule has 1 aliphatic heterocycles. The van der Waals surface area contributed by atoms with Crippen LogP contribution in [0, 0.1) is 39.0 Å². The second-order valence-corrected chi connectivity index (χ2v) is 5.65. The summed E-state index contributed by atoms with van der Waals surface area (Å²) in [5.41, 5.74) is 4.57. The molecule has 0 amide bonds. The minimum absolute atomic E-state index is 0.341. The number of aromatic nitrogens is 4. The van der Waals surface area contributed by atoms with Gasteiger partial charge in [-0.1, -0.05) is 0 Å². The van der Waals surface area contributed by atoms with Crippen LogP contribution in [0.5, 0.6) is 0 Å². The molecule has 3 rings (SSSR count). The van der Waals surface area contributed by atoms with Crippen LogP contribution in [0.1, 0.15) is 34.3 Å². The van der Waals surface area contributed by atoms with Crippen molar-refractivity contribution < 1.29 is 0 Å². The second kappa shape index (κ2) is 4.85. The minimum Gasteiger partial charge on any atom is -0.350 e. The van der Waals surface area contributed by atoms with E-state index in [1.807, 2.05) is 20.8 Å². The summed E-state index contributed by atoms with van der Waals surface area (Å²) >= 11 is 0. The molecule has 0 bridgehead atoms. The Hall–Kier alpha value is -2.42. The summed E-state index contributed by atoms with van der Waals surface area (Å²) in [4.78, 5) is 2.10. The van der Waals surface area contributed by atoms with E-state index in [-0.39, 0.29) is 0 Å². The molecule has 2 aromatic heterocycles. The van der Waals surface area contributed by atoms with Gasteiger partial charge in [-0.25, -0.2) is 0 Å². The van der Waals surface area contributed by atoms with Gasteiger partial charge in [-0.05, 0) is 39.3 Å². The Labute approximate surface area is 124 Å². The maximum absolute atomic E-state index is 9.36. The molecule has 6 nitrogen and oxygen atoms in total. The molecule has 108 valence electrons. The zero-order valence-corrected chi connectivity index (χ0v) is 12.8. The van der Waals surface area contributed by atoms with E-state index in [1.165, 1.54) is 5.69 Å². The van der Waals surface area contributed by atoms with E-state index in [0.717, 1.165) is 30.0 Å². The molecule has 0 aliphatic carbocycles. The van der Waals surface area contributed by atoms with E-state index in [2.05, 4.69) is 43.9 Å². The average Bonchev–Trinajstić information content (AvgIpc) is 2.71. The van der Waals surface area contributed by atoms with Crippen LogP contribution < -0.4 is 4.90 Å². The number of rotatable bonds is 2. The van der Waals surface area contributed by atoms with Crippen molar-refractivity contribution in [1.29, 1.82) is 5.26 Å². The lowest BCUT2D eigenvalue weighted by Crippen LogP contribution is -2.49. The Kier molecular flexibility index (Phi) is 3.13. The first-order chi connectivity index (χ1) is 10.0. The van der Waals surface area contributed by atoms with Crippen molar-refractivity contribution in [3.8, 4) is 6.07 Å². The molecular formula is C15H18N6. The number of hydrogen-bond acceptors (Lipinski definition) is 5. The van der Waals surface area contributed by atoms with Gasteiger partial charge in [0.25, 0.3) is 0 Å². The van der Waals surface area contributed by atoms with E-state index in [4.69, 9.17) is 0 Å². The first kappa shape index (κ1) is 13.6. The minimum atomic E-state index is 0.341. The van der Waals surface area contributed by atoms with Crippen molar-refractivity contribution >= 4 is 5.82 Å². The summed E-state index contributed by atoms with van der Waals surface area (Å²) in [7, 11) is 0. The van der Waals surface area contributed by atoms with Crippen LogP contribution in [0.2, 0.25) is 0 Å².